The summed E-state index contributed by atoms with van der Waals surface area (Å²) >= 11 is 9.77. The summed E-state index contributed by atoms with van der Waals surface area (Å²) in [5.41, 5.74) is 2.41. The maximum Gasteiger partial charge on any atom is 0.0444 e. The van der Waals surface area contributed by atoms with Gasteiger partial charge in [0.2, 0.25) is 0 Å². The van der Waals surface area contributed by atoms with E-state index in [-0.39, 0.29) is 5.41 Å². The van der Waals surface area contributed by atoms with Gasteiger partial charge in [0.25, 0.3) is 0 Å². The van der Waals surface area contributed by atoms with Crippen molar-refractivity contribution in [3.63, 3.8) is 0 Å². The Balaban J connectivity index is 1.92. The quantitative estimate of drug-likeness (QED) is 0.926. The highest BCUT2D eigenvalue weighted by molar-refractivity contribution is 9.10. The molecule has 2 aromatic rings. The maximum absolute atomic E-state index is 6.36. The van der Waals surface area contributed by atoms with E-state index in [2.05, 4.69) is 44.4 Å². The van der Waals surface area contributed by atoms with Gasteiger partial charge in [-0.1, -0.05) is 29.8 Å². The Kier molecular flexibility index (Phi) is 3.61. The lowest BCUT2D eigenvalue weighted by atomic mass is 9.72. The van der Waals surface area contributed by atoms with Crippen molar-refractivity contribution in [2.45, 2.75) is 11.8 Å². The average molecular weight is 338 g/mol. The van der Waals surface area contributed by atoms with Gasteiger partial charge in [0.1, 0.15) is 0 Å². The number of benzene rings is 1. The van der Waals surface area contributed by atoms with Gasteiger partial charge in [0, 0.05) is 46.3 Å². The summed E-state index contributed by atoms with van der Waals surface area (Å²) in [6.07, 6.45) is 2.76. The van der Waals surface area contributed by atoms with Crippen LogP contribution in [0.4, 0.5) is 0 Å². The molecule has 1 aromatic carbocycles. The van der Waals surface area contributed by atoms with Crippen molar-refractivity contribution in [1.29, 1.82) is 0 Å². The van der Waals surface area contributed by atoms with Crippen molar-refractivity contribution in [2.75, 3.05) is 13.1 Å². The normalized spacial score (nSPS) is 16.9. The topological polar surface area (TPSA) is 24.9 Å². The third kappa shape index (κ3) is 2.55. The molecule has 1 aliphatic heterocycles. The third-order valence-corrected chi connectivity index (χ3v) is 4.48. The van der Waals surface area contributed by atoms with E-state index < -0.39 is 0 Å². The Morgan fingerprint density at radius 2 is 2.00 bits per heavy atom. The van der Waals surface area contributed by atoms with Crippen LogP contribution in [-0.4, -0.2) is 18.1 Å². The van der Waals surface area contributed by atoms with Crippen LogP contribution in [0, 0.1) is 0 Å². The zero-order valence-electron chi connectivity index (χ0n) is 10.4. The smallest absolute Gasteiger partial charge is 0.0444 e. The molecule has 1 N–H and O–H groups in total. The summed E-state index contributed by atoms with van der Waals surface area (Å²) in [4.78, 5) is 4.48. The molecule has 1 aromatic heterocycles. The summed E-state index contributed by atoms with van der Waals surface area (Å²) in [7, 11) is 0. The van der Waals surface area contributed by atoms with Gasteiger partial charge in [-0.2, -0.15) is 0 Å². The molecule has 2 heterocycles. The molecule has 0 radical (unpaired) electrons. The molecule has 19 heavy (non-hydrogen) atoms. The minimum atomic E-state index is 0.0825. The van der Waals surface area contributed by atoms with Gasteiger partial charge in [0.15, 0.2) is 0 Å². The molecular weight excluding hydrogens is 324 g/mol. The number of pyridine rings is 1. The van der Waals surface area contributed by atoms with Crippen LogP contribution in [0.1, 0.15) is 11.3 Å². The van der Waals surface area contributed by atoms with E-state index >= 15 is 0 Å². The molecule has 1 saturated heterocycles. The number of nitrogens with zero attached hydrogens (tertiary/aromatic N) is 1. The highest BCUT2D eigenvalue weighted by Crippen LogP contribution is 2.36. The van der Waals surface area contributed by atoms with Crippen molar-refractivity contribution >= 4 is 27.5 Å². The van der Waals surface area contributed by atoms with Gasteiger partial charge in [-0.25, -0.2) is 0 Å². The van der Waals surface area contributed by atoms with Crippen LogP contribution in [0.25, 0.3) is 0 Å². The third-order valence-electron chi connectivity index (χ3n) is 3.68. The Hall–Kier alpha value is -0.900. The standard InChI is InChI=1S/C15H14BrClN2/c16-11-5-6-12(19-8-11)7-15(9-18-10-15)13-3-1-2-4-14(13)17/h1-6,8,18H,7,9-10H2. The zero-order valence-corrected chi connectivity index (χ0v) is 12.7. The Bertz CT molecular complexity index is 579. The first-order chi connectivity index (χ1) is 9.20. The summed E-state index contributed by atoms with van der Waals surface area (Å²) in [6, 6.07) is 12.2. The predicted molar refractivity (Wildman–Crippen MR) is 81.6 cm³/mol. The summed E-state index contributed by atoms with van der Waals surface area (Å²) in [6.45, 7) is 1.91. The Morgan fingerprint density at radius 1 is 1.21 bits per heavy atom. The summed E-state index contributed by atoms with van der Waals surface area (Å²) in [5.74, 6) is 0. The van der Waals surface area contributed by atoms with Gasteiger partial charge < -0.3 is 5.32 Å². The van der Waals surface area contributed by atoms with Crippen molar-refractivity contribution in [2.24, 2.45) is 0 Å². The summed E-state index contributed by atoms with van der Waals surface area (Å²) < 4.78 is 1.01. The lowest BCUT2D eigenvalue weighted by Crippen LogP contribution is -2.58. The van der Waals surface area contributed by atoms with E-state index in [1.54, 1.807) is 0 Å². The van der Waals surface area contributed by atoms with Crippen LogP contribution in [0.3, 0.4) is 0 Å². The number of nitrogens with one attached hydrogen (secondary N) is 1. The van der Waals surface area contributed by atoms with Gasteiger partial charge >= 0.3 is 0 Å². The Morgan fingerprint density at radius 3 is 2.58 bits per heavy atom. The van der Waals surface area contributed by atoms with Gasteiger partial charge in [-0.05, 0) is 39.7 Å². The largest absolute Gasteiger partial charge is 0.315 e. The number of aromatic nitrogens is 1. The molecule has 0 atom stereocenters. The first kappa shape index (κ1) is 13.1. The van der Waals surface area contributed by atoms with Crippen molar-refractivity contribution in [3.05, 3.63) is 63.3 Å². The molecule has 0 amide bonds. The molecule has 4 heteroatoms. The Labute approximate surface area is 126 Å². The first-order valence-electron chi connectivity index (χ1n) is 6.26. The minimum absolute atomic E-state index is 0.0825. The van der Waals surface area contributed by atoms with Crippen LogP contribution < -0.4 is 5.32 Å². The van der Waals surface area contributed by atoms with E-state index in [1.807, 2.05) is 24.4 Å². The molecular formula is C15H14BrClN2. The molecule has 2 nitrogen and oxygen atoms in total. The van der Waals surface area contributed by atoms with Crippen LogP contribution in [0.15, 0.2) is 47.1 Å². The second kappa shape index (κ2) is 5.23. The van der Waals surface area contributed by atoms with Gasteiger partial charge in [0.05, 0.1) is 0 Å². The molecule has 0 spiro atoms. The predicted octanol–water partition coefficient (Wildman–Crippen LogP) is 3.58. The average Bonchev–Trinajstić information content (AvgIpc) is 2.37. The second-order valence-corrected chi connectivity index (χ2v) is 6.33. The zero-order chi connectivity index (χ0) is 13.3. The highest BCUT2D eigenvalue weighted by Gasteiger charge is 2.40. The van der Waals surface area contributed by atoms with Crippen molar-refractivity contribution < 1.29 is 0 Å². The van der Waals surface area contributed by atoms with E-state index in [9.17, 15) is 0 Å². The van der Waals surface area contributed by atoms with Crippen LogP contribution >= 0.6 is 27.5 Å². The van der Waals surface area contributed by atoms with Crippen LogP contribution in [-0.2, 0) is 11.8 Å². The summed E-state index contributed by atoms with van der Waals surface area (Å²) in [5, 5.41) is 4.21. The first-order valence-corrected chi connectivity index (χ1v) is 7.43. The van der Waals surface area contributed by atoms with Crippen LogP contribution in [0.5, 0.6) is 0 Å². The maximum atomic E-state index is 6.36. The van der Waals surface area contributed by atoms with E-state index in [4.69, 9.17) is 11.6 Å². The highest BCUT2D eigenvalue weighted by atomic mass is 79.9. The number of rotatable bonds is 3. The van der Waals surface area contributed by atoms with Gasteiger partial charge in [-0.15, -0.1) is 0 Å². The SMILES string of the molecule is Clc1ccccc1C1(Cc2ccc(Br)cn2)CNC1. The monoisotopic (exact) mass is 336 g/mol. The van der Waals surface area contributed by atoms with E-state index in [0.717, 1.165) is 34.7 Å². The van der Waals surface area contributed by atoms with Crippen molar-refractivity contribution in [3.8, 4) is 0 Å². The van der Waals surface area contributed by atoms with E-state index in [0.29, 0.717) is 0 Å². The van der Waals surface area contributed by atoms with Gasteiger partial charge in [-0.3, -0.25) is 4.98 Å². The number of hydrogen-bond acceptors (Lipinski definition) is 2. The minimum Gasteiger partial charge on any atom is -0.315 e. The molecule has 1 aliphatic rings. The number of hydrogen-bond donors (Lipinski definition) is 1. The molecule has 0 unspecified atom stereocenters. The van der Waals surface area contributed by atoms with Crippen molar-refractivity contribution in [1.82, 2.24) is 10.3 Å². The lowest BCUT2D eigenvalue weighted by molar-refractivity contribution is 0.272. The molecule has 0 aliphatic carbocycles. The molecule has 1 fully saturated rings. The van der Waals surface area contributed by atoms with Crippen LogP contribution in [0.2, 0.25) is 5.02 Å². The molecule has 3 rings (SSSR count). The molecule has 0 saturated carbocycles. The fraction of sp³-hybridized carbons (Fsp3) is 0.267. The number of halogens is 2. The molecule has 0 bridgehead atoms. The second-order valence-electron chi connectivity index (χ2n) is 5.01. The fourth-order valence-electron chi connectivity index (χ4n) is 2.59. The van der Waals surface area contributed by atoms with E-state index in [1.165, 1.54) is 5.56 Å². The molecule has 98 valence electrons. The lowest BCUT2D eigenvalue weighted by Gasteiger charge is -2.43. The fourth-order valence-corrected chi connectivity index (χ4v) is 3.16.